The van der Waals surface area contributed by atoms with Crippen LogP contribution in [-0.2, 0) is 10.0 Å². The molecule has 2 fully saturated rings. The van der Waals surface area contributed by atoms with Gasteiger partial charge in [0, 0.05) is 17.0 Å². The van der Waals surface area contributed by atoms with Crippen LogP contribution in [0, 0.1) is 11.2 Å². The number of nitrogens with one attached hydrogen (secondary N) is 1. The zero-order chi connectivity index (χ0) is 27.2. The molecule has 0 unspecified atom stereocenters. The summed E-state index contributed by atoms with van der Waals surface area (Å²) < 4.78 is 47.9. The lowest BCUT2D eigenvalue weighted by Crippen LogP contribution is -2.20. The first-order valence-corrected chi connectivity index (χ1v) is 15.1. The van der Waals surface area contributed by atoms with Crippen molar-refractivity contribution in [2.45, 2.75) is 69.2 Å². The number of benzene rings is 2. The second-order valence-electron chi connectivity index (χ2n) is 11.0. The van der Waals surface area contributed by atoms with Gasteiger partial charge in [0.25, 0.3) is 10.0 Å². The van der Waals surface area contributed by atoms with E-state index < -0.39 is 27.4 Å². The molecule has 0 radical (unpaired) electrons. The number of sulfonamides is 1. The van der Waals surface area contributed by atoms with E-state index in [-0.39, 0.29) is 16.5 Å². The molecule has 3 aromatic rings. The minimum atomic E-state index is -4.18. The van der Waals surface area contributed by atoms with Crippen LogP contribution < -0.4 is 9.46 Å². The summed E-state index contributed by atoms with van der Waals surface area (Å²) in [5, 5.41) is 11.0. The van der Waals surface area contributed by atoms with Gasteiger partial charge in [0.15, 0.2) is 5.03 Å². The number of halogens is 1. The Labute approximate surface area is 226 Å². The zero-order valence-corrected chi connectivity index (χ0v) is 23.2. The SMILES string of the molecule is COc1cc(C(=O)O)c(F)cc1NS(=O)(=O)c1csc(-c2ccc(C3CCC(C)(C)CC3)cc2C2CC2)n1. The molecule has 0 atom stereocenters. The monoisotopic (exact) mass is 558 g/mol. The number of carboxylic acids is 1. The quantitative estimate of drug-likeness (QED) is 0.308. The van der Waals surface area contributed by atoms with Crippen molar-refractivity contribution in [3.8, 4) is 16.3 Å². The number of thiazole rings is 1. The van der Waals surface area contributed by atoms with Gasteiger partial charge in [-0.25, -0.2) is 14.2 Å². The van der Waals surface area contributed by atoms with Crippen LogP contribution in [0.4, 0.5) is 10.1 Å². The Kier molecular flexibility index (Phi) is 6.98. The van der Waals surface area contributed by atoms with Gasteiger partial charge in [0.1, 0.15) is 16.6 Å². The maximum Gasteiger partial charge on any atom is 0.338 e. The fourth-order valence-corrected chi connectivity index (χ4v) is 7.37. The third kappa shape index (κ3) is 5.42. The summed E-state index contributed by atoms with van der Waals surface area (Å²) in [6, 6.07) is 8.29. The molecule has 2 N–H and O–H groups in total. The summed E-state index contributed by atoms with van der Waals surface area (Å²) in [4.78, 5) is 15.7. The molecule has 0 bridgehead atoms. The highest BCUT2D eigenvalue weighted by Crippen LogP contribution is 2.48. The topological polar surface area (TPSA) is 106 Å². The van der Waals surface area contributed by atoms with E-state index in [4.69, 9.17) is 9.84 Å². The number of hydrogen-bond acceptors (Lipinski definition) is 6. The van der Waals surface area contributed by atoms with E-state index in [1.54, 1.807) is 0 Å². The predicted octanol–water partition coefficient (Wildman–Crippen LogP) is 7.02. The highest BCUT2D eigenvalue weighted by atomic mass is 32.2. The van der Waals surface area contributed by atoms with Crippen LogP contribution >= 0.6 is 11.3 Å². The van der Waals surface area contributed by atoms with Crippen LogP contribution in [0.5, 0.6) is 5.75 Å². The first-order chi connectivity index (χ1) is 18.0. The molecule has 5 rings (SSSR count). The summed E-state index contributed by atoms with van der Waals surface area (Å²) in [5.74, 6) is -1.66. The first kappa shape index (κ1) is 26.6. The number of aromatic nitrogens is 1. The third-order valence-electron chi connectivity index (χ3n) is 7.66. The Morgan fingerprint density at radius 2 is 1.84 bits per heavy atom. The van der Waals surface area contributed by atoms with Crippen molar-refractivity contribution in [3.05, 3.63) is 58.2 Å². The molecule has 0 amide bonds. The average Bonchev–Trinajstić information content (AvgIpc) is 3.58. The first-order valence-electron chi connectivity index (χ1n) is 12.7. The van der Waals surface area contributed by atoms with Gasteiger partial charge < -0.3 is 9.84 Å². The van der Waals surface area contributed by atoms with Gasteiger partial charge >= 0.3 is 5.97 Å². The minimum absolute atomic E-state index is 0.111. The number of nitrogens with zero attached hydrogens (tertiary/aromatic N) is 1. The van der Waals surface area contributed by atoms with E-state index in [9.17, 15) is 17.6 Å². The molecule has 0 aliphatic heterocycles. The van der Waals surface area contributed by atoms with Crippen molar-refractivity contribution >= 4 is 33.0 Å². The van der Waals surface area contributed by atoms with Crippen molar-refractivity contribution < 1.29 is 27.4 Å². The molecular weight excluding hydrogens is 527 g/mol. The Morgan fingerprint density at radius 1 is 1.13 bits per heavy atom. The number of carbonyl (C=O) groups is 1. The highest BCUT2D eigenvalue weighted by molar-refractivity contribution is 7.92. The Bertz CT molecular complexity index is 1480. The molecule has 0 saturated heterocycles. The van der Waals surface area contributed by atoms with Gasteiger partial charge in [-0.2, -0.15) is 8.42 Å². The lowest BCUT2D eigenvalue weighted by molar-refractivity contribution is 0.0691. The number of hydrogen-bond donors (Lipinski definition) is 2. The van der Waals surface area contributed by atoms with Crippen LogP contribution in [0.3, 0.4) is 0 Å². The minimum Gasteiger partial charge on any atom is -0.495 e. The van der Waals surface area contributed by atoms with Crippen LogP contribution in [0.15, 0.2) is 40.7 Å². The number of methoxy groups -OCH3 is 1. The second-order valence-corrected chi connectivity index (χ2v) is 13.5. The summed E-state index contributed by atoms with van der Waals surface area (Å²) in [6.45, 7) is 4.67. The van der Waals surface area contributed by atoms with Gasteiger partial charge in [-0.15, -0.1) is 11.3 Å². The Morgan fingerprint density at radius 3 is 2.47 bits per heavy atom. The van der Waals surface area contributed by atoms with Crippen LogP contribution in [0.1, 0.15) is 85.7 Å². The van der Waals surface area contributed by atoms with Crippen molar-refractivity contribution in [1.82, 2.24) is 4.98 Å². The maximum absolute atomic E-state index is 14.3. The molecule has 38 heavy (non-hydrogen) atoms. The van der Waals surface area contributed by atoms with Crippen LogP contribution in [0.25, 0.3) is 10.6 Å². The fourth-order valence-electron chi connectivity index (χ4n) is 5.16. The smallest absolute Gasteiger partial charge is 0.338 e. The molecule has 1 heterocycles. The largest absolute Gasteiger partial charge is 0.495 e. The van der Waals surface area contributed by atoms with E-state index in [0.717, 1.165) is 30.5 Å². The summed E-state index contributed by atoms with van der Waals surface area (Å²) in [7, 11) is -2.94. The van der Waals surface area contributed by atoms with E-state index in [2.05, 4.69) is 41.8 Å². The molecule has 202 valence electrons. The number of ether oxygens (including phenoxy) is 1. The molecule has 2 aliphatic rings. The normalized spacial score (nSPS) is 17.8. The maximum atomic E-state index is 14.3. The van der Waals surface area contributed by atoms with E-state index in [0.29, 0.717) is 22.3 Å². The van der Waals surface area contributed by atoms with Crippen molar-refractivity contribution in [1.29, 1.82) is 0 Å². The lowest BCUT2D eigenvalue weighted by atomic mass is 9.71. The molecule has 0 spiro atoms. The number of rotatable bonds is 8. The third-order valence-corrected chi connectivity index (χ3v) is 9.93. The fraction of sp³-hybridized carbons (Fsp3) is 0.429. The van der Waals surface area contributed by atoms with Crippen molar-refractivity contribution in [2.75, 3.05) is 11.8 Å². The second kappa shape index (κ2) is 9.96. The van der Waals surface area contributed by atoms with Crippen LogP contribution in [0.2, 0.25) is 0 Å². The molecular formula is C28H31FN2O5S2. The van der Waals surface area contributed by atoms with E-state index >= 15 is 0 Å². The molecule has 10 heteroatoms. The number of anilines is 1. The van der Waals surface area contributed by atoms with E-state index in [1.165, 1.54) is 60.6 Å². The molecule has 1 aromatic heterocycles. The Hall–Kier alpha value is -2.98. The summed E-state index contributed by atoms with van der Waals surface area (Å²) in [5.41, 5.74) is 3.12. The standard InChI is InChI=1S/C28H31FN2O5S2/c1-28(2)10-8-16(9-11-28)18-6-7-19(20(12-18)17-4-5-17)26-30-25(15-37-26)38(34,35)31-23-14-22(29)21(27(32)33)13-24(23)36-3/h6-7,12-17,31H,4-5,8-11H2,1-3H3,(H,32,33). The van der Waals surface area contributed by atoms with Crippen LogP contribution in [-0.4, -0.2) is 31.6 Å². The summed E-state index contributed by atoms with van der Waals surface area (Å²) >= 11 is 1.25. The number of aromatic carboxylic acids is 1. The molecule has 2 aromatic carbocycles. The molecule has 2 aliphatic carbocycles. The van der Waals surface area contributed by atoms with Crippen molar-refractivity contribution in [3.63, 3.8) is 0 Å². The lowest BCUT2D eigenvalue weighted by Gasteiger charge is -2.34. The zero-order valence-electron chi connectivity index (χ0n) is 21.6. The van der Waals surface area contributed by atoms with Gasteiger partial charge in [0.05, 0.1) is 18.4 Å². The van der Waals surface area contributed by atoms with E-state index in [1.807, 2.05) is 0 Å². The average molecular weight is 559 g/mol. The predicted molar refractivity (Wildman–Crippen MR) is 145 cm³/mol. The van der Waals surface area contributed by atoms with Gasteiger partial charge in [-0.3, -0.25) is 4.72 Å². The highest BCUT2D eigenvalue weighted by Gasteiger charge is 2.32. The molecule has 7 nitrogen and oxygen atoms in total. The Balaban J connectivity index is 1.42. The number of carboxylic acid groups (broad SMARTS) is 1. The van der Waals surface area contributed by atoms with Crippen molar-refractivity contribution in [2.24, 2.45) is 5.41 Å². The van der Waals surface area contributed by atoms with Gasteiger partial charge in [-0.1, -0.05) is 32.0 Å². The van der Waals surface area contributed by atoms with Gasteiger partial charge in [0.2, 0.25) is 0 Å². The molecule has 2 saturated carbocycles. The summed E-state index contributed by atoms with van der Waals surface area (Å²) in [6.07, 6.45) is 7.02. The van der Waals surface area contributed by atoms with Gasteiger partial charge in [-0.05, 0) is 73.0 Å².